The van der Waals surface area contributed by atoms with E-state index in [1.54, 1.807) is 25.4 Å². The van der Waals surface area contributed by atoms with Crippen molar-refractivity contribution in [3.8, 4) is 17.9 Å². The van der Waals surface area contributed by atoms with E-state index in [0.717, 1.165) is 0 Å². The third-order valence-corrected chi connectivity index (χ3v) is 0.992. The van der Waals surface area contributed by atoms with Gasteiger partial charge >= 0.3 is 6.01 Å². The quantitative estimate of drug-likeness (QED) is 0.584. The van der Waals surface area contributed by atoms with Crippen LogP contribution in [0.4, 0.5) is 0 Å². The van der Waals surface area contributed by atoms with E-state index in [1.165, 1.54) is 0 Å². The Morgan fingerprint density at radius 1 is 1.45 bits per heavy atom. The fourth-order valence-corrected chi connectivity index (χ4v) is 0.533. The van der Waals surface area contributed by atoms with Crippen LogP contribution in [0.15, 0.2) is 18.5 Å². The summed E-state index contributed by atoms with van der Waals surface area (Å²) < 4.78 is 5.05. The molecular formula is C8H8N2O. The van der Waals surface area contributed by atoms with Gasteiger partial charge in [0.25, 0.3) is 0 Å². The molecule has 0 N–H and O–H groups in total. The minimum atomic E-state index is 0.348. The van der Waals surface area contributed by atoms with E-state index < -0.39 is 0 Å². The second-order valence-corrected chi connectivity index (χ2v) is 1.75. The van der Waals surface area contributed by atoms with Gasteiger partial charge in [-0.15, -0.1) is 5.92 Å². The van der Waals surface area contributed by atoms with E-state index in [1.807, 2.05) is 0 Å². The Morgan fingerprint density at radius 3 is 2.82 bits per heavy atom. The van der Waals surface area contributed by atoms with Crippen molar-refractivity contribution in [2.24, 2.45) is 0 Å². The van der Waals surface area contributed by atoms with Gasteiger partial charge in [-0.25, -0.2) is 9.97 Å². The lowest BCUT2D eigenvalue weighted by Crippen LogP contribution is -1.97. The summed E-state index contributed by atoms with van der Waals surface area (Å²) in [6.07, 6.45) is 3.25. The summed E-state index contributed by atoms with van der Waals surface area (Å²) >= 11 is 0. The summed E-state index contributed by atoms with van der Waals surface area (Å²) in [5.74, 6) is 5.45. The summed E-state index contributed by atoms with van der Waals surface area (Å²) in [6, 6.07) is 2.11. The normalized spacial score (nSPS) is 8.09. The van der Waals surface area contributed by atoms with Crippen molar-refractivity contribution in [1.29, 1.82) is 0 Å². The molecule has 56 valence electrons. The highest BCUT2D eigenvalue weighted by molar-refractivity contribution is 4.99. The highest BCUT2D eigenvalue weighted by atomic mass is 16.5. The van der Waals surface area contributed by atoms with Crippen LogP contribution in [0.3, 0.4) is 0 Å². The number of rotatable bonds is 2. The maximum Gasteiger partial charge on any atom is 0.317 e. The van der Waals surface area contributed by atoms with Crippen molar-refractivity contribution in [1.82, 2.24) is 9.97 Å². The monoisotopic (exact) mass is 148 g/mol. The molecule has 3 heteroatoms. The fourth-order valence-electron chi connectivity index (χ4n) is 0.533. The highest BCUT2D eigenvalue weighted by Gasteiger charge is 1.89. The molecule has 0 saturated carbocycles. The van der Waals surface area contributed by atoms with Crippen LogP contribution in [0.5, 0.6) is 6.01 Å². The van der Waals surface area contributed by atoms with Crippen LogP contribution in [0.1, 0.15) is 6.92 Å². The van der Waals surface area contributed by atoms with Gasteiger partial charge in [-0.2, -0.15) is 0 Å². The molecular weight excluding hydrogens is 140 g/mol. The second kappa shape index (κ2) is 4.29. The van der Waals surface area contributed by atoms with Gasteiger partial charge in [-0.05, 0) is 13.0 Å². The van der Waals surface area contributed by atoms with Crippen LogP contribution in [0.2, 0.25) is 0 Å². The molecule has 0 amide bonds. The first kappa shape index (κ1) is 7.55. The number of aromatic nitrogens is 2. The first-order valence-electron chi connectivity index (χ1n) is 3.23. The zero-order valence-corrected chi connectivity index (χ0v) is 6.24. The molecule has 1 rings (SSSR count). The zero-order chi connectivity index (χ0) is 7.94. The first-order valence-corrected chi connectivity index (χ1v) is 3.23. The number of hydrogen-bond donors (Lipinski definition) is 0. The van der Waals surface area contributed by atoms with Crippen molar-refractivity contribution < 1.29 is 4.74 Å². The van der Waals surface area contributed by atoms with Crippen LogP contribution in [0.25, 0.3) is 0 Å². The topological polar surface area (TPSA) is 35.0 Å². The molecule has 0 aliphatic heterocycles. The Labute approximate surface area is 65.4 Å². The molecule has 0 radical (unpaired) electrons. The molecule has 1 aromatic rings. The SMILES string of the molecule is CC#CCOc1ncccn1. The molecule has 0 unspecified atom stereocenters. The molecule has 3 nitrogen and oxygen atoms in total. The standard InChI is InChI=1S/C8H8N2O/c1-2-3-7-11-8-9-5-4-6-10-8/h4-6H,7H2,1H3. The lowest BCUT2D eigenvalue weighted by Gasteiger charge is -1.95. The molecule has 0 atom stereocenters. The van der Waals surface area contributed by atoms with E-state index in [-0.39, 0.29) is 0 Å². The van der Waals surface area contributed by atoms with Gasteiger partial charge in [-0.3, -0.25) is 0 Å². The van der Waals surface area contributed by atoms with Crippen molar-refractivity contribution in [3.05, 3.63) is 18.5 Å². The number of nitrogens with zero attached hydrogens (tertiary/aromatic N) is 2. The Kier molecular flexibility index (Phi) is 2.94. The van der Waals surface area contributed by atoms with Crippen LogP contribution in [-0.2, 0) is 0 Å². The molecule has 0 fully saturated rings. The largest absolute Gasteiger partial charge is 0.450 e. The lowest BCUT2D eigenvalue weighted by molar-refractivity contribution is 0.339. The van der Waals surface area contributed by atoms with Crippen molar-refractivity contribution >= 4 is 0 Å². The lowest BCUT2D eigenvalue weighted by atomic mass is 10.6. The molecule has 11 heavy (non-hydrogen) atoms. The van der Waals surface area contributed by atoms with Gasteiger partial charge in [0.1, 0.15) is 0 Å². The molecule has 0 aliphatic rings. The Bertz CT molecular complexity index is 260. The van der Waals surface area contributed by atoms with Crippen molar-refractivity contribution in [3.63, 3.8) is 0 Å². The van der Waals surface area contributed by atoms with E-state index in [2.05, 4.69) is 21.8 Å². The number of hydrogen-bond acceptors (Lipinski definition) is 3. The third kappa shape index (κ3) is 2.67. The van der Waals surface area contributed by atoms with Crippen molar-refractivity contribution in [2.75, 3.05) is 6.61 Å². The Hall–Kier alpha value is -1.56. The van der Waals surface area contributed by atoms with Gasteiger partial charge in [0.05, 0.1) is 0 Å². The van der Waals surface area contributed by atoms with Gasteiger partial charge < -0.3 is 4.74 Å². The minimum Gasteiger partial charge on any atom is -0.450 e. The van der Waals surface area contributed by atoms with Gasteiger partial charge in [0.2, 0.25) is 0 Å². The molecule has 0 saturated heterocycles. The summed E-state index contributed by atoms with van der Waals surface area (Å²) in [5.41, 5.74) is 0. The van der Waals surface area contributed by atoms with E-state index in [4.69, 9.17) is 4.74 Å². The highest BCUT2D eigenvalue weighted by Crippen LogP contribution is 1.95. The van der Waals surface area contributed by atoms with E-state index >= 15 is 0 Å². The Morgan fingerprint density at radius 2 is 2.18 bits per heavy atom. The summed E-state index contributed by atoms with van der Waals surface area (Å²) in [7, 11) is 0. The number of ether oxygens (including phenoxy) is 1. The van der Waals surface area contributed by atoms with E-state index in [0.29, 0.717) is 12.6 Å². The predicted molar refractivity (Wildman–Crippen MR) is 41.0 cm³/mol. The Balaban J connectivity index is 2.43. The maximum absolute atomic E-state index is 5.05. The molecule has 1 heterocycles. The average Bonchev–Trinajstić information content (AvgIpc) is 2.07. The van der Waals surface area contributed by atoms with Gasteiger partial charge in [-0.1, -0.05) is 5.92 Å². The van der Waals surface area contributed by atoms with Crippen LogP contribution < -0.4 is 4.74 Å². The molecule has 0 aromatic carbocycles. The van der Waals surface area contributed by atoms with Crippen LogP contribution >= 0.6 is 0 Å². The summed E-state index contributed by atoms with van der Waals surface area (Å²) in [5, 5.41) is 0. The fraction of sp³-hybridized carbons (Fsp3) is 0.250. The first-order chi connectivity index (χ1) is 5.43. The van der Waals surface area contributed by atoms with Crippen LogP contribution in [-0.4, -0.2) is 16.6 Å². The molecule has 0 aliphatic carbocycles. The molecule has 1 aromatic heterocycles. The van der Waals surface area contributed by atoms with E-state index in [9.17, 15) is 0 Å². The summed E-state index contributed by atoms with van der Waals surface area (Å²) in [4.78, 5) is 7.70. The molecule has 0 spiro atoms. The zero-order valence-electron chi connectivity index (χ0n) is 6.24. The summed E-state index contributed by atoms with van der Waals surface area (Å²) in [6.45, 7) is 2.11. The predicted octanol–water partition coefficient (Wildman–Crippen LogP) is 0.879. The maximum atomic E-state index is 5.05. The van der Waals surface area contributed by atoms with Gasteiger partial charge in [0, 0.05) is 12.4 Å². The van der Waals surface area contributed by atoms with Crippen molar-refractivity contribution in [2.45, 2.75) is 6.92 Å². The third-order valence-electron chi connectivity index (χ3n) is 0.992. The molecule has 0 bridgehead atoms. The second-order valence-electron chi connectivity index (χ2n) is 1.75. The minimum absolute atomic E-state index is 0.348. The average molecular weight is 148 g/mol. The van der Waals surface area contributed by atoms with Crippen LogP contribution in [0, 0.1) is 11.8 Å². The smallest absolute Gasteiger partial charge is 0.317 e. The van der Waals surface area contributed by atoms with Gasteiger partial charge in [0.15, 0.2) is 6.61 Å².